The van der Waals surface area contributed by atoms with E-state index in [0.717, 1.165) is 5.92 Å². The molecule has 3 unspecified atom stereocenters. The molecule has 11 heavy (non-hydrogen) atoms. The van der Waals surface area contributed by atoms with Gasteiger partial charge < -0.3 is 0 Å². The zero-order valence-electron chi connectivity index (χ0n) is 7.18. The molecule has 3 atom stereocenters. The van der Waals surface area contributed by atoms with E-state index in [-0.39, 0.29) is 0 Å². The summed E-state index contributed by atoms with van der Waals surface area (Å²) in [6.45, 7) is 2.13. The molecule has 1 heteroatoms. The Morgan fingerprint density at radius 3 is 2.82 bits per heavy atom. The van der Waals surface area contributed by atoms with E-state index >= 15 is 0 Å². The minimum absolute atomic E-state index is 0.385. The van der Waals surface area contributed by atoms with Crippen LogP contribution in [0.2, 0.25) is 0 Å². The molecule has 0 saturated heterocycles. The Hall–Kier alpha value is -0.330. The molecule has 3 aliphatic rings. The molecule has 0 spiro atoms. The van der Waals surface area contributed by atoms with Crippen molar-refractivity contribution in [3.8, 4) is 0 Å². The maximum atomic E-state index is 11.6. The van der Waals surface area contributed by atoms with E-state index < -0.39 is 0 Å². The van der Waals surface area contributed by atoms with Gasteiger partial charge in [-0.15, -0.1) is 0 Å². The lowest BCUT2D eigenvalue weighted by Gasteiger charge is -2.28. The molecule has 0 N–H and O–H groups in total. The molecule has 62 valence electrons. The highest BCUT2D eigenvalue weighted by molar-refractivity contribution is 5.84. The molecule has 0 aromatic carbocycles. The molecule has 0 amide bonds. The molecule has 0 heterocycles. The first-order valence-electron chi connectivity index (χ1n) is 4.83. The van der Waals surface area contributed by atoms with E-state index in [1.54, 1.807) is 0 Å². The van der Waals surface area contributed by atoms with Gasteiger partial charge in [0.15, 0.2) is 0 Å². The van der Waals surface area contributed by atoms with Gasteiger partial charge in [0.2, 0.25) is 0 Å². The van der Waals surface area contributed by atoms with Crippen LogP contribution in [-0.2, 0) is 4.79 Å². The van der Waals surface area contributed by atoms with Gasteiger partial charge in [-0.1, -0.05) is 13.3 Å². The Morgan fingerprint density at radius 1 is 1.18 bits per heavy atom. The van der Waals surface area contributed by atoms with E-state index in [1.165, 1.54) is 32.1 Å². The lowest BCUT2D eigenvalue weighted by atomic mass is 9.75. The number of hydrogen-bond acceptors (Lipinski definition) is 1. The summed E-state index contributed by atoms with van der Waals surface area (Å²) in [5, 5.41) is 0. The van der Waals surface area contributed by atoms with Crippen LogP contribution in [0.3, 0.4) is 0 Å². The zero-order valence-corrected chi connectivity index (χ0v) is 7.18. The minimum atomic E-state index is 0.385. The second kappa shape index (κ2) is 2.62. The van der Waals surface area contributed by atoms with Crippen LogP contribution in [0.25, 0.3) is 0 Å². The van der Waals surface area contributed by atoms with Gasteiger partial charge in [0.05, 0.1) is 0 Å². The highest BCUT2D eigenvalue weighted by Gasteiger charge is 2.37. The first-order valence-corrected chi connectivity index (χ1v) is 4.83. The molecule has 1 nitrogen and oxygen atoms in total. The standard InChI is InChI=1S/C10H16O/c1-7-8-3-2-4-9(6-5-8)10(7)11/h7-9H,2-6H2,1H3. The SMILES string of the molecule is CC1C(=O)C2CCCC1CC2. The predicted octanol–water partition coefficient (Wildman–Crippen LogP) is 2.40. The lowest BCUT2D eigenvalue weighted by molar-refractivity contribution is -0.129. The van der Waals surface area contributed by atoms with Crippen molar-refractivity contribution in [2.45, 2.75) is 39.0 Å². The third-order valence-electron chi connectivity index (χ3n) is 3.57. The van der Waals surface area contributed by atoms with Crippen LogP contribution in [0.4, 0.5) is 0 Å². The van der Waals surface area contributed by atoms with Crippen molar-refractivity contribution in [1.29, 1.82) is 0 Å². The van der Waals surface area contributed by atoms with Crippen molar-refractivity contribution in [3.05, 3.63) is 0 Å². The van der Waals surface area contributed by atoms with Crippen LogP contribution >= 0.6 is 0 Å². The molecule has 0 aromatic rings. The summed E-state index contributed by atoms with van der Waals surface area (Å²) in [7, 11) is 0. The molecular weight excluding hydrogens is 136 g/mol. The average molecular weight is 152 g/mol. The Morgan fingerprint density at radius 2 is 2.00 bits per heavy atom. The van der Waals surface area contributed by atoms with Gasteiger partial charge in [0, 0.05) is 11.8 Å². The molecule has 2 bridgehead atoms. The number of ketones is 1. The second-order valence-corrected chi connectivity index (χ2v) is 4.16. The predicted molar refractivity (Wildman–Crippen MR) is 44.2 cm³/mol. The maximum absolute atomic E-state index is 11.6. The first kappa shape index (κ1) is 7.33. The molecule has 3 aliphatic carbocycles. The highest BCUT2D eigenvalue weighted by Crippen LogP contribution is 2.40. The van der Waals surface area contributed by atoms with E-state index in [9.17, 15) is 4.79 Å². The van der Waals surface area contributed by atoms with Gasteiger partial charge in [-0.3, -0.25) is 4.79 Å². The summed E-state index contributed by atoms with van der Waals surface area (Å²) in [6, 6.07) is 0. The number of rotatable bonds is 0. The number of Topliss-reactive ketones (excluding diaryl/α,β-unsaturated/α-hetero) is 1. The van der Waals surface area contributed by atoms with Crippen molar-refractivity contribution in [2.75, 3.05) is 0 Å². The van der Waals surface area contributed by atoms with Crippen LogP contribution in [0, 0.1) is 17.8 Å². The topological polar surface area (TPSA) is 17.1 Å². The number of carbonyl (C=O) groups excluding carboxylic acids is 1. The van der Waals surface area contributed by atoms with Crippen LogP contribution in [-0.4, -0.2) is 5.78 Å². The number of fused-ring (bicyclic) bond motifs is 4. The molecule has 0 radical (unpaired) electrons. The average Bonchev–Trinajstić information content (AvgIpc) is 2.30. The van der Waals surface area contributed by atoms with Gasteiger partial charge in [0.1, 0.15) is 5.78 Å². The maximum Gasteiger partial charge on any atom is 0.139 e. The van der Waals surface area contributed by atoms with Gasteiger partial charge in [-0.25, -0.2) is 0 Å². The van der Waals surface area contributed by atoms with Crippen molar-refractivity contribution in [3.63, 3.8) is 0 Å². The lowest BCUT2D eigenvalue weighted by Crippen LogP contribution is -2.30. The van der Waals surface area contributed by atoms with Crippen molar-refractivity contribution >= 4 is 5.78 Å². The van der Waals surface area contributed by atoms with Crippen LogP contribution in [0.1, 0.15) is 39.0 Å². The number of carbonyl (C=O) groups is 1. The minimum Gasteiger partial charge on any atom is -0.299 e. The Kier molecular flexibility index (Phi) is 1.74. The fourth-order valence-corrected chi connectivity index (χ4v) is 2.72. The Balaban J connectivity index is 2.21. The van der Waals surface area contributed by atoms with Gasteiger partial charge in [-0.2, -0.15) is 0 Å². The first-order chi connectivity index (χ1) is 5.29. The third-order valence-corrected chi connectivity index (χ3v) is 3.57. The van der Waals surface area contributed by atoms with Crippen molar-refractivity contribution < 1.29 is 4.79 Å². The van der Waals surface area contributed by atoms with Crippen LogP contribution in [0.15, 0.2) is 0 Å². The monoisotopic (exact) mass is 152 g/mol. The summed E-state index contributed by atoms with van der Waals surface area (Å²) in [6.07, 6.45) is 6.29. The smallest absolute Gasteiger partial charge is 0.139 e. The second-order valence-electron chi connectivity index (χ2n) is 4.16. The van der Waals surface area contributed by atoms with E-state index in [2.05, 4.69) is 6.92 Å². The largest absolute Gasteiger partial charge is 0.299 e. The molecule has 0 aliphatic heterocycles. The summed E-state index contributed by atoms with van der Waals surface area (Å²) < 4.78 is 0. The molecule has 3 rings (SSSR count). The summed E-state index contributed by atoms with van der Waals surface area (Å²) in [5.41, 5.74) is 0. The summed E-state index contributed by atoms with van der Waals surface area (Å²) in [4.78, 5) is 11.6. The van der Waals surface area contributed by atoms with E-state index in [1.807, 2.05) is 0 Å². The molecule has 3 fully saturated rings. The third kappa shape index (κ3) is 1.11. The molecule has 0 aromatic heterocycles. The Labute approximate surface area is 68.2 Å². The van der Waals surface area contributed by atoms with Crippen molar-refractivity contribution in [2.24, 2.45) is 17.8 Å². The summed E-state index contributed by atoms with van der Waals surface area (Å²) in [5.74, 6) is 2.14. The van der Waals surface area contributed by atoms with Gasteiger partial charge >= 0.3 is 0 Å². The highest BCUT2D eigenvalue weighted by atomic mass is 16.1. The van der Waals surface area contributed by atoms with E-state index in [0.29, 0.717) is 17.6 Å². The fourth-order valence-electron chi connectivity index (χ4n) is 2.72. The molecule has 3 saturated carbocycles. The Bertz CT molecular complexity index is 166. The normalized spacial score (nSPS) is 44.1. The van der Waals surface area contributed by atoms with Crippen LogP contribution in [0.5, 0.6) is 0 Å². The van der Waals surface area contributed by atoms with Gasteiger partial charge in [0.25, 0.3) is 0 Å². The van der Waals surface area contributed by atoms with Crippen LogP contribution < -0.4 is 0 Å². The number of hydrogen-bond donors (Lipinski definition) is 0. The molecular formula is C10H16O. The van der Waals surface area contributed by atoms with Crippen molar-refractivity contribution in [1.82, 2.24) is 0 Å². The van der Waals surface area contributed by atoms with Gasteiger partial charge in [-0.05, 0) is 31.6 Å². The van der Waals surface area contributed by atoms with E-state index in [4.69, 9.17) is 0 Å². The summed E-state index contributed by atoms with van der Waals surface area (Å²) >= 11 is 0. The zero-order chi connectivity index (χ0) is 7.84. The quantitative estimate of drug-likeness (QED) is 0.521. The fraction of sp³-hybridized carbons (Fsp3) is 0.900.